The van der Waals surface area contributed by atoms with Gasteiger partial charge in [-0.2, -0.15) is 0 Å². The zero-order chi connectivity index (χ0) is 16.8. The summed E-state index contributed by atoms with van der Waals surface area (Å²) in [4.78, 5) is 24.8. The van der Waals surface area contributed by atoms with Crippen molar-refractivity contribution >= 4 is 12.1 Å². The number of ether oxygens (including phenoxy) is 1. The van der Waals surface area contributed by atoms with Gasteiger partial charge in [0.2, 0.25) is 0 Å². The Balaban J connectivity index is 2.72. The summed E-state index contributed by atoms with van der Waals surface area (Å²) in [5.41, 5.74) is 0.707. The minimum atomic E-state index is -0.938. The van der Waals surface area contributed by atoms with Crippen LogP contribution in [0.1, 0.15) is 43.6 Å². The molecule has 0 aliphatic heterocycles. The number of carbonyl (C=O) groups is 2. The predicted molar refractivity (Wildman–Crippen MR) is 85.2 cm³/mol. The number of carbonyl (C=O) groups excluding carboxylic acids is 1. The van der Waals surface area contributed by atoms with Crippen LogP contribution in [0.3, 0.4) is 0 Å². The number of benzene rings is 1. The number of aromatic carboxylic acids is 1. The van der Waals surface area contributed by atoms with Gasteiger partial charge in [-0.15, -0.1) is 0 Å². The lowest BCUT2D eigenvalue weighted by atomic mass is 9.85. The topological polar surface area (TPSA) is 66.8 Å². The van der Waals surface area contributed by atoms with Crippen LogP contribution in [0.2, 0.25) is 0 Å². The van der Waals surface area contributed by atoms with Crippen molar-refractivity contribution in [2.45, 2.75) is 34.1 Å². The van der Waals surface area contributed by atoms with Gasteiger partial charge in [0.15, 0.2) is 0 Å². The Hall–Kier alpha value is -2.04. The Morgan fingerprint density at radius 2 is 1.77 bits per heavy atom. The fourth-order valence-electron chi connectivity index (χ4n) is 2.28. The molecule has 1 aromatic carbocycles. The van der Waals surface area contributed by atoms with Crippen LogP contribution in [-0.4, -0.2) is 41.8 Å². The molecule has 0 aromatic heterocycles. The molecule has 0 bridgehead atoms. The van der Waals surface area contributed by atoms with Crippen LogP contribution in [-0.2, 0) is 11.2 Å². The SMILES string of the molecule is CCN(CC)C(=O)OCC(C)(C)Cc1ccccc1C(=O)O. The van der Waals surface area contributed by atoms with E-state index < -0.39 is 5.97 Å². The average molecular weight is 307 g/mol. The van der Waals surface area contributed by atoms with E-state index in [1.165, 1.54) is 0 Å². The van der Waals surface area contributed by atoms with Crippen LogP contribution >= 0.6 is 0 Å². The number of rotatable bonds is 7. The summed E-state index contributed by atoms with van der Waals surface area (Å²) in [5.74, 6) is -0.938. The molecule has 5 heteroatoms. The van der Waals surface area contributed by atoms with Crippen molar-refractivity contribution in [2.75, 3.05) is 19.7 Å². The third-order valence-electron chi connectivity index (χ3n) is 3.52. The van der Waals surface area contributed by atoms with E-state index in [2.05, 4.69) is 0 Å². The fraction of sp³-hybridized carbons (Fsp3) is 0.529. The molecule has 1 aromatic rings. The molecule has 0 spiro atoms. The standard InChI is InChI=1S/C17H25NO4/c1-5-18(6-2)16(21)22-12-17(3,4)11-13-9-7-8-10-14(13)15(19)20/h7-10H,5-6,11-12H2,1-4H3,(H,19,20). The van der Waals surface area contributed by atoms with Crippen molar-refractivity contribution in [3.8, 4) is 0 Å². The second kappa shape index (κ2) is 7.82. The van der Waals surface area contributed by atoms with E-state index in [-0.39, 0.29) is 18.1 Å². The zero-order valence-electron chi connectivity index (χ0n) is 13.8. The van der Waals surface area contributed by atoms with Crippen molar-refractivity contribution in [3.63, 3.8) is 0 Å². The van der Waals surface area contributed by atoms with Crippen LogP contribution in [0.5, 0.6) is 0 Å². The Morgan fingerprint density at radius 1 is 1.18 bits per heavy atom. The number of carboxylic acids is 1. The van der Waals surface area contributed by atoms with Crippen LogP contribution in [0, 0.1) is 5.41 Å². The van der Waals surface area contributed by atoms with Gasteiger partial charge in [-0.3, -0.25) is 0 Å². The molecule has 0 aliphatic rings. The first-order valence-corrected chi connectivity index (χ1v) is 7.53. The molecule has 0 aliphatic carbocycles. The summed E-state index contributed by atoms with van der Waals surface area (Å²) < 4.78 is 5.36. The molecule has 22 heavy (non-hydrogen) atoms. The van der Waals surface area contributed by atoms with Gasteiger partial charge >= 0.3 is 12.1 Å². The second-order valence-corrected chi connectivity index (χ2v) is 6.03. The monoisotopic (exact) mass is 307 g/mol. The predicted octanol–water partition coefficient (Wildman–Crippen LogP) is 3.43. The first-order valence-electron chi connectivity index (χ1n) is 7.53. The van der Waals surface area contributed by atoms with Gasteiger partial charge in [-0.05, 0) is 31.9 Å². The Kier molecular flexibility index (Phi) is 6.40. The summed E-state index contributed by atoms with van der Waals surface area (Å²) in [7, 11) is 0. The molecule has 1 N–H and O–H groups in total. The Bertz CT molecular complexity index is 521. The van der Waals surface area contributed by atoms with Crippen molar-refractivity contribution in [3.05, 3.63) is 35.4 Å². The van der Waals surface area contributed by atoms with Crippen LogP contribution in [0.15, 0.2) is 24.3 Å². The molecule has 0 radical (unpaired) electrons. The quantitative estimate of drug-likeness (QED) is 0.838. The number of amides is 1. The Morgan fingerprint density at radius 3 is 2.32 bits per heavy atom. The number of nitrogens with zero attached hydrogens (tertiary/aromatic N) is 1. The number of carboxylic acid groups (broad SMARTS) is 1. The zero-order valence-corrected chi connectivity index (χ0v) is 13.8. The molecule has 5 nitrogen and oxygen atoms in total. The van der Waals surface area contributed by atoms with E-state index in [1.54, 1.807) is 23.1 Å². The molecule has 1 amide bonds. The lowest BCUT2D eigenvalue weighted by Crippen LogP contribution is -2.34. The summed E-state index contributed by atoms with van der Waals surface area (Å²) >= 11 is 0. The van der Waals surface area contributed by atoms with Crippen molar-refractivity contribution in [1.29, 1.82) is 0 Å². The van der Waals surface area contributed by atoms with E-state index >= 15 is 0 Å². The summed E-state index contributed by atoms with van der Waals surface area (Å²) in [6.07, 6.45) is 0.200. The summed E-state index contributed by atoms with van der Waals surface area (Å²) in [5, 5.41) is 9.23. The molecule has 0 atom stereocenters. The summed E-state index contributed by atoms with van der Waals surface area (Å²) in [6.45, 7) is 9.19. The van der Waals surface area contributed by atoms with Crippen LogP contribution in [0.25, 0.3) is 0 Å². The van der Waals surface area contributed by atoms with Gasteiger partial charge in [0.1, 0.15) is 0 Å². The van der Waals surface area contributed by atoms with Gasteiger partial charge in [0.25, 0.3) is 0 Å². The van der Waals surface area contributed by atoms with Crippen LogP contribution < -0.4 is 0 Å². The number of hydrogen-bond acceptors (Lipinski definition) is 3. The second-order valence-electron chi connectivity index (χ2n) is 6.03. The van der Waals surface area contributed by atoms with E-state index in [1.807, 2.05) is 33.8 Å². The normalized spacial score (nSPS) is 11.1. The molecule has 0 saturated carbocycles. The molecule has 0 unspecified atom stereocenters. The molecular weight excluding hydrogens is 282 g/mol. The van der Waals surface area contributed by atoms with E-state index in [9.17, 15) is 14.7 Å². The van der Waals surface area contributed by atoms with E-state index in [0.29, 0.717) is 25.1 Å². The first kappa shape index (κ1) is 18.0. The Labute approximate surface area is 131 Å². The maximum absolute atomic E-state index is 11.9. The number of hydrogen-bond donors (Lipinski definition) is 1. The minimum absolute atomic E-state index is 0.246. The molecule has 1 rings (SSSR count). The molecule has 0 fully saturated rings. The third-order valence-corrected chi connectivity index (χ3v) is 3.52. The fourth-order valence-corrected chi connectivity index (χ4v) is 2.28. The third kappa shape index (κ3) is 5.06. The van der Waals surface area contributed by atoms with Crippen molar-refractivity contribution < 1.29 is 19.4 Å². The maximum Gasteiger partial charge on any atom is 0.409 e. The first-order chi connectivity index (χ1) is 10.3. The lowest BCUT2D eigenvalue weighted by molar-refractivity contribution is 0.0664. The smallest absolute Gasteiger partial charge is 0.409 e. The van der Waals surface area contributed by atoms with Gasteiger partial charge < -0.3 is 14.7 Å². The highest BCUT2D eigenvalue weighted by molar-refractivity contribution is 5.89. The van der Waals surface area contributed by atoms with Gasteiger partial charge in [-0.1, -0.05) is 32.0 Å². The average Bonchev–Trinajstić information content (AvgIpc) is 2.46. The molecular formula is C17H25NO4. The highest BCUT2D eigenvalue weighted by Crippen LogP contribution is 2.24. The largest absolute Gasteiger partial charge is 0.478 e. The molecule has 0 heterocycles. The van der Waals surface area contributed by atoms with Gasteiger partial charge in [-0.25, -0.2) is 9.59 Å². The lowest BCUT2D eigenvalue weighted by Gasteiger charge is -2.27. The molecule has 0 saturated heterocycles. The van der Waals surface area contributed by atoms with Crippen molar-refractivity contribution in [1.82, 2.24) is 4.90 Å². The highest BCUT2D eigenvalue weighted by atomic mass is 16.6. The van der Waals surface area contributed by atoms with E-state index in [0.717, 1.165) is 5.56 Å². The van der Waals surface area contributed by atoms with E-state index in [4.69, 9.17) is 4.74 Å². The van der Waals surface area contributed by atoms with Crippen LogP contribution in [0.4, 0.5) is 4.79 Å². The van der Waals surface area contributed by atoms with Crippen molar-refractivity contribution in [2.24, 2.45) is 5.41 Å². The van der Waals surface area contributed by atoms with Gasteiger partial charge in [0.05, 0.1) is 12.2 Å². The van der Waals surface area contributed by atoms with Gasteiger partial charge in [0, 0.05) is 18.5 Å². The molecule has 122 valence electrons. The minimum Gasteiger partial charge on any atom is -0.478 e. The highest BCUT2D eigenvalue weighted by Gasteiger charge is 2.24. The maximum atomic E-state index is 11.9. The summed E-state index contributed by atoms with van der Waals surface area (Å²) in [6, 6.07) is 6.92.